The molecule has 5 rings (SSSR count). The molecule has 0 unspecified atom stereocenters. The zero-order valence-corrected chi connectivity index (χ0v) is 17.9. The first kappa shape index (κ1) is 19.9. The van der Waals surface area contributed by atoms with Crippen molar-refractivity contribution in [2.75, 3.05) is 24.5 Å². The van der Waals surface area contributed by atoms with Gasteiger partial charge in [-0.3, -0.25) is 9.78 Å². The predicted molar refractivity (Wildman–Crippen MR) is 119 cm³/mol. The van der Waals surface area contributed by atoms with Crippen LogP contribution >= 0.6 is 0 Å². The van der Waals surface area contributed by atoms with Crippen LogP contribution in [0.2, 0.25) is 0 Å². The number of aliphatic hydroxyl groups is 1. The Bertz CT molecular complexity index is 1140. The fourth-order valence-corrected chi connectivity index (χ4v) is 4.65. The number of benzene rings is 1. The number of nitrogens with one attached hydrogen (secondary N) is 1. The van der Waals surface area contributed by atoms with Crippen LogP contribution in [0.25, 0.3) is 10.9 Å². The number of aromatic nitrogens is 3. The molecule has 4 heterocycles. The van der Waals surface area contributed by atoms with E-state index in [1.54, 1.807) is 0 Å². The molecule has 0 spiro atoms. The average Bonchev–Trinajstić information content (AvgIpc) is 3.13. The number of para-hydroxylation sites is 1. The third kappa shape index (κ3) is 3.63. The Kier molecular flexibility index (Phi) is 5.06. The fraction of sp³-hybridized carbons (Fsp3) is 0.417. The van der Waals surface area contributed by atoms with Gasteiger partial charge < -0.3 is 15.3 Å². The number of fused-ring (bicyclic) bond motifs is 2. The van der Waals surface area contributed by atoms with Crippen molar-refractivity contribution in [1.29, 1.82) is 0 Å². The lowest BCUT2D eigenvalue weighted by Crippen LogP contribution is -2.36. The SMILES string of the molecule is CC(C)c1nc2c(c(N3C[C@@H](Cc4ccnc5ccccc45)[C@@H](O)C3)n1)CCNC2=O. The van der Waals surface area contributed by atoms with Crippen molar-refractivity contribution < 1.29 is 9.90 Å². The number of carbonyl (C=O) groups excluding carboxylic acids is 1. The van der Waals surface area contributed by atoms with Gasteiger partial charge in [-0.2, -0.15) is 0 Å². The van der Waals surface area contributed by atoms with Gasteiger partial charge in [-0.25, -0.2) is 9.97 Å². The number of carbonyl (C=O) groups is 1. The molecule has 0 aliphatic carbocycles. The van der Waals surface area contributed by atoms with Crippen molar-refractivity contribution >= 4 is 22.6 Å². The smallest absolute Gasteiger partial charge is 0.270 e. The van der Waals surface area contributed by atoms with Crippen molar-refractivity contribution in [2.24, 2.45) is 5.92 Å². The molecule has 2 aromatic heterocycles. The molecule has 2 aliphatic rings. The molecule has 2 atom stereocenters. The minimum absolute atomic E-state index is 0.0799. The molecule has 7 nitrogen and oxygen atoms in total. The topological polar surface area (TPSA) is 91.2 Å². The van der Waals surface area contributed by atoms with E-state index in [-0.39, 0.29) is 17.7 Å². The Hall–Kier alpha value is -3.06. The number of amides is 1. The Balaban J connectivity index is 1.46. The normalized spacial score (nSPS) is 20.9. The van der Waals surface area contributed by atoms with Crippen molar-refractivity contribution in [2.45, 2.75) is 38.7 Å². The van der Waals surface area contributed by atoms with E-state index in [0.29, 0.717) is 37.6 Å². The summed E-state index contributed by atoms with van der Waals surface area (Å²) >= 11 is 0. The van der Waals surface area contributed by atoms with E-state index in [1.165, 1.54) is 5.56 Å². The summed E-state index contributed by atoms with van der Waals surface area (Å²) < 4.78 is 0. The number of hydrogen-bond acceptors (Lipinski definition) is 6. The second kappa shape index (κ2) is 7.89. The van der Waals surface area contributed by atoms with Gasteiger partial charge in [-0.15, -0.1) is 0 Å². The minimum atomic E-state index is -0.461. The Morgan fingerprint density at radius 1 is 1.19 bits per heavy atom. The number of β-amino-alcohol motifs (C(OH)–C–C–N with tert-alkyl or cyclic N) is 1. The van der Waals surface area contributed by atoms with Gasteiger partial charge in [0.05, 0.1) is 11.6 Å². The zero-order valence-electron chi connectivity index (χ0n) is 17.9. The molecular formula is C24H27N5O2. The van der Waals surface area contributed by atoms with E-state index >= 15 is 0 Å². The van der Waals surface area contributed by atoms with Crippen LogP contribution in [-0.2, 0) is 12.8 Å². The lowest BCUT2D eigenvalue weighted by Gasteiger charge is -2.26. The molecule has 0 saturated carbocycles. The molecule has 2 aliphatic heterocycles. The molecule has 0 radical (unpaired) electrons. The quantitative estimate of drug-likeness (QED) is 0.678. The maximum Gasteiger partial charge on any atom is 0.270 e. The van der Waals surface area contributed by atoms with Gasteiger partial charge in [0.15, 0.2) is 0 Å². The third-order valence-corrected chi connectivity index (χ3v) is 6.32. The van der Waals surface area contributed by atoms with Gasteiger partial charge in [0, 0.05) is 48.6 Å². The first-order valence-electron chi connectivity index (χ1n) is 11.0. The van der Waals surface area contributed by atoms with Gasteiger partial charge >= 0.3 is 0 Å². The molecule has 1 aromatic carbocycles. The third-order valence-electron chi connectivity index (χ3n) is 6.32. The van der Waals surface area contributed by atoms with Gasteiger partial charge in [0.25, 0.3) is 5.91 Å². The molecule has 7 heteroatoms. The number of anilines is 1. The summed E-state index contributed by atoms with van der Waals surface area (Å²) in [6.45, 7) is 5.85. The first-order valence-corrected chi connectivity index (χ1v) is 11.0. The van der Waals surface area contributed by atoms with Crippen LogP contribution in [0, 0.1) is 5.92 Å². The van der Waals surface area contributed by atoms with Gasteiger partial charge in [0.2, 0.25) is 0 Å². The van der Waals surface area contributed by atoms with Crippen LogP contribution in [0.4, 0.5) is 5.82 Å². The lowest BCUT2D eigenvalue weighted by molar-refractivity contribution is 0.0940. The highest BCUT2D eigenvalue weighted by Gasteiger charge is 2.35. The monoisotopic (exact) mass is 417 g/mol. The number of rotatable bonds is 4. The minimum Gasteiger partial charge on any atom is -0.391 e. The Morgan fingerprint density at radius 2 is 2.03 bits per heavy atom. The van der Waals surface area contributed by atoms with E-state index < -0.39 is 6.10 Å². The predicted octanol–water partition coefficient (Wildman–Crippen LogP) is 2.47. The van der Waals surface area contributed by atoms with Crippen LogP contribution < -0.4 is 10.2 Å². The van der Waals surface area contributed by atoms with Crippen molar-refractivity contribution in [3.05, 3.63) is 59.2 Å². The summed E-state index contributed by atoms with van der Waals surface area (Å²) in [5, 5.41) is 14.9. The standard InChI is InChI=1S/C24H27N5O2/c1-14(2)22-27-21-18(8-10-26-24(21)31)23(28-22)29-12-16(20(30)13-29)11-15-7-9-25-19-6-4-3-5-17(15)19/h3-7,9,14,16,20,30H,8,10-13H2,1-2H3,(H,26,31)/t16-,20+/m1/s1. The summed E-state index contributed by atoms with van der Waals surface area (Å²) in [6.07, 6.45) is 2.86. The highest BCUT2D eigenvalue weighted by atomic mass is 16.3. The largest absolute Gasteiger partial charge is 0.391 e. The van der Waals surface area contributed by atoms with Crippen molar-refractivity contribution in [3.63, 3.8) is 0 Å². The van der Waals surface area contributed by atoms with Crippen LogP contribution in [0.15, 0.2) is 36.5 Å². The molecule has 2 N–H and O–H groups in total. The highest BCUT2D eigenvalue weighted by Crippen LogP contribution is 2.32. The fourth-order valence-electron chi connectivity index (χ4n) is 4.65. The van der Waals surface area contributed by atoms with Crippen LogP contribution in [0.3, 0.4) is 0 Å². The summed E-state index contributed by atoms with van der Waals surface area (Å²) in [5.41, 5.74) is 3.55. The van der Waals surface area contributed by atoms with E-state index in [0.717, 1.165) is 28.7 Å². The zero-order chi connectivity index (χ0) is 21.5. The molecule has 1 fully saturated rings. The summed E-state index contributed by atoms with van der Waals surface area (Å²) in [6, 6.07) is 10.2. The van der Waals surface area contributed by atoms with Crippen LogP contribution in [0.5, 0.6) is 0 Å². The molecule has 1 amide bonds. The Morgan fingerprint density at radius 3 is 2.87 bits per heavy atom. The van der Waals surface area contributed by atoms with Gasteiger partial charge in [0.1, 0.15) is 17.3 Å². The summed E-state index contributed by atoms with van der Waals surface area (Å²) in [5.74, 6) is 1.54. The van der Waals surface area contributed by atoms with Gasteiger partial charge in [-0.1, -0.05) is 32.0 Å². The second-order valence-corrected chi connectivity index (χ2v) is 8.82. The molecule has 31 heavy (non-hydrogen) atoms. The number of pyridine rings is 1. The molecular weight excluding hydrogens is 390 g/mol. The van der Waals surface area contributed by atoms with E-state index in [4.69, 9.17) is 4.98 Å². The Labute approximate surface area is 181 Å². The number of hydrogen-bond donors (Lipinski definition) is 2. The van der Waals surface area contributed by atoms with Crippen molar-refractivity contribution in [1.82, 2.24) is 20.3 Å². The van der Waals surface area contributed by atoms with E-state index in [9.17, 15) is 9.90 Å². The first-order chi connectivity index (χ1) is 15.0. The van der Waals surface area contributed by atoms with E-state index in [1.807, 2.05) is 44.3 Å². The molecule has 160 valence electrons. The maximum atomic E-state index is 12.4. The second-order valence-electron chi connectivity index (χ2n) is 8.82. The number of nitrogens with zero attached hydrogens (tertiary/aromatic N) is 4. The lowest BCUT2D eigenvalue weighted by atomic mass is 9.94. The van der Waals surface area contributed by atoms with Crippen molar-refractivity contribution in [3.8, 4) is 0 Å². The van der Waals surface area contributed by atoms with E-state index in [2.05, 4.69) is 26.3 Å². The summed E-state index contributed by atoms with van der Waals surface area (Å²) in [4.78, 5) is 28.4. The molecule has 3 aromatic rings. The number of aliphatic hydroxyl groups excluding tert-OH is 1. The van der Waals surface area contributed by atoms with Gasteiger partial charge in [-0.05, 0) is 30.5 Å². The summed E-state index contributed by atoms with van der Waals surface area (Å²) in [7, 11) is 0. The average molecular weight is 418 g/mol. The maximum absolute atomic E-state index is 12.4. The van der Waals surface area contributed by atoms with Crippen LogP contribution in [0.1, 0.15) is 47.2 Å². The molecule has 0 bridgehead atoms. The molecule has 1 saturated heterocycles. The van der Waals surface area contributed by atoms with Crippen LogP contribution in [-0.4, -0.2) is 51.7 Å². The highest BCUT2D eigenvalue weighted by molar-refractivity contribution is 5.96.